The molecular weight excluding hydrogens is 473 g/mol. The molecule has 0 fully saturated rings. The maximum Gasteiger partial charge on any atom is 0.321 e. The minimum Gasteiger partial charge on any atom is -0.487 e. The van der Waals surface area contributed by atoms with E-state index >= 15 is 0 Å². The van der Waals surface area contributed by atoms with Gasteiger partial charge >= 0.3 is 6.03 Å². The molecule has 2 N–H and O–H groups in total. The van der Waals surface area contributed by atoms with Crippen molar-refractivity contribution in [2.75, 3.05) is 32.1 Å². The number of amides is 2. The maximum atomic E-state index is 13.5. The molecule has 0 radical (unpaired) electrons. The van der Waals surface area contributed by atoms with Gasteiger partial charge in [0.1, 0.15) is 22.6 Å². The van der Waals surface area contributed by atoms with Gasteiger partial charge in [0.25, 0.3) is 0 Å². The van der Waals surface area contributed by atoms with Crippen LogP contribution < -0.4 is 10.1 Å². The minimum absolute atomic E-state index is 0.00909. The van der Waals surface area contributed by atoms with Gasteiger partial charge in [-0.2, -0.15) is 4.31 Å². The van der Waals surface area contributed by atoms with E-state index in [0.29, 0.717) is 5.69 Å². The maximum absolute atomic E-state index is 13.5. The zero-order valence-electron chi connectivity index (χ0n) is 20.3. The van der Waals surface area contributed by atoms with Crippen LogP contribution in [0.15, 0.2) is 53.4 Å². The van der Waals surface area contributed by atoms with E-state index in [1.54, 1.807) is 32.2 Å². The summed E-state index contributed by atoms with van der Waals surface area (Å²) in [4.78, 5) is 14.2. The molecule has 3 rings (SSSR count). The molecule has 0 saturated heterocycles. The number of hydrogen-bond acceptors (Lipinski definition) is 5. The molecule has 0 saturated carbocycles. The summed E-state index contributed by atoms with van der Waals surface area (Å²) in [6.07, 6.45) is 3.12. The second-order valence-electron chi connectivity index (χ2n) is 8.77. The van der Waals surface area contributed by atoms with Crippen molar-refractivity contribution < 1.29 is 27.4 Å². The topological polar surface area (TPSA) is 99.2 Å². The van der Waals surface area contributed by atoms with Crippen LogP contribution in [-0.4, -0.2) is 67.7 Å². The van der Waals surface area contributed by atoms with Crippen LogP contribution in [0.25, 0.3) is 6.08 Å². The highest BCUT2D eigenvalue weighted by atomic mass is 32.2. The third kappa shape index (κ3) is 6.19. The number of nitrogens with zero attached hydrogens (tertiary/aromatic N) is 2. The fourth-order valence-electron chi connectivity index (χ4n) is 3.89. The normalized spacial score (nSPS) is 20.9. The number of aliphatic hydroxyl groups excluding tert-OH is 1. The Morgan fingerprint density at radius 2 is 2.09 bits per heavy atom. The first kappa shape index (κ1) is 26.7. The van der Waals surface area contributed by atoms with Gasteiger partial charge < -0.3 is 20.1 Å². The molecule has 190 valence electrons. The lowest BCUT2D eigenvalue weighted by atomic mass is 10.0. The van der Waals surface area contributed by atoms with Gasteiger partial charge in [-0.3, -0.25) is 0 Å². The fourth-order valence-corrected chi connectivity index (χ4v) is 5.72. The standard InChI is InChI=1S/C25H32FN3O5S/c1-5-7-19-10-11-24-22(12-19)34-23(17(2)14-29(18(3)16-30)35(24,32)33)15-28(4)25(31)27-21-9-6-8-20(26)13-21/h5-13,17-18,23,30H,14-16H2,1-4H3,(H,27,31)/b7-5+/t17-,18-,23-/m1/s1. The number of ether oxygens (including phenoxy) is 1. The number of rotatable bonds is 6. The first-order chi connectivity index (χ1) is 16.6. The van der Waals surface area contributed by atoms with E-state index in [0.717, 1.165) is 5.56 Å². The molecular formula is C25H32FN3O5S. The van der Waals surface area contributed by atoms with Crippen LogP contribution >= 0.6 is 0 Å². The van der Waals surface area contributed by atoms with Crippen molar-refractivity contribution in [1.82, 2.24) is 9.21 Å². The van der Waals surface area contributed by atoms with Crippen molar-refractivity contribution in [2.24, 2.45) is 5.92 Å². The third-order valence-electron chi connectivity index (χ3n) is 5.93. The number of carbonyl (C=O) groups excluding carboxylic acids is 1. The van der Waals surface area contributed by atoms with Crippen LogP contribution in [-0.2, 0) is 10.0 Å². The van der Waals surface area contributed by atoms with Crippen molar-refractivity contribution in [3.05, 3.63) is 59.9 Å². The number of nitrogens with one attached hydrogen (secondary N) is 1. The summed E-state index contributed by atoms with van der Waals surface area (Å²) in [6.45, 7) is 5.26. The lowest BCUT2D eigenvalue weighted by Gasteiger charge is -2.37. The zero-order chi connectivity index (χ0) is 25.8. The van der Waals surface area contributed by atoms with Crippen LogP contribution in [0.1, 0.15) is 26.3 Å². The first-order valence-corrected chi connectivity index (χ1v) is 12.8. The monoisotopic (exact) mass is 505 g/mol. The molecule has 0 aliphatic carbocycles. The van der Waals surface area contributed by atoms with Crippen LogP contribution in [0.3, 0.4) is 0 Å². The Bertz CT molecular complexity index is 1190. The highest BCUT2D eigenvalue weighted by Crippen LogP contribution is 2.34. The van der Waals surface area contributed by atoms with Crippen molar-refractivity contribution in [3.63, 3.8) is 0 Å². The summed E-state index contributed by atoms with van der Waals surface area (Å²) in [7, 11) is -2.35. The van der Waals surface area contributed by atoms with E-state index in [-0.39, 0.29) is 36.3 Å². The summed E-state index contributed by atoms with van der Waals surface area (Å²) in [5.41, 5.74) is 1.09. The number of likely N-dealkylation sites (N-methyl/N-ethyl adjacent to an activating group) is 1. The average molecular weight is 506 g/mol. The van der Waals surface area contributed by atoms with Crippen molar-refractivity contribution in [1.29, 1.82) is 0 Å². The van der Waals surface area contributed by atoms with Crippen LogP contribution in [0.2, 0.25) is 0 Å². The number of halogens is 1. The van der Waals surface area contributed by atoms with E-state index in [4.69, 9.17) is 4.74 Å². The quantitative estimate of drug-likeness (QED) is 0.622. The third-order valence-corrected chi connectivity index (χ3v) is 7.95. The van der Waals surface area contributed by atoms with E-state index in [9.17, 15) is 22.7 Å². The van der Waals surface area contributed by atoms with Gasteiger partial charge in [-0.25, -0.2) is 17.6 Å². The molecule has 0 spiro atoms. The molecule has 8 nitrogen and oxygen atoms in total. The number of carbonyl (C=O) groups is 1. The van der Waals surface area contributed by atoms with Crippen LogP contribution in [0.5, 0.6) is 5.75 Å². The van der Waals surface area contributed by atoms with E-state index in [2.05, 4.69) is 5.32 Å². The summed E-state index contributed by atoms with van der Waals surface area (Å²) in [5.74, 6) is -0.594. The smallest absolute Gasteiger partial charge is 0.321 e. The Morgan fingerprint density at radius 3 is 2.74 bits per heavy atom. The predicted octanol–water partition coefficient (Wildman–Crippen LogP) is 3.79. The lowest BCUT2D eigenvalue weighted by Crippen LogP contribution is -2.50. The van der Waals surface area contributed by atoms with E-state index in [1.807, 2.05) is 26.0 Å². The molecule has 35 heavy (non-hydrogen) atoms. The molecule has 0 unspecified atom stereocenters. The zero-order valence-corrected chi connectivity index (χ0v) is 21.1. The molecule has 1 aliphatic heterocycles. The number of aliphatic hydroxyl groups is 1. The van der Waals surface area contributed by atoms with Gasteiger partial charge in [-0.15, -0.1) is 0 Å². The van der Waals surface area contributed by atoms with Gasteiger partial charge in [-0.1, -0.05) is 31.2 Å². The summed E-state index contributed by atoms with van der Waals surface area (Å²) in [5, 5.41) is 12.4. The second-order valence-corrected chi connectivity index (χ2v) is 10.6. The van der Waals surface area contributed by atoms with Crippen molar-refractivity contribution in [2.45, 2.75) is 37.8 Å². The van der Waals surface area contributed by atoms with Gasteiger partial charge in [0.05, 0.1) is 13.2 Å². The number of benzene rings is 2. The molecule has 2 amide bonds. The molecule has 3 atom stereocenters. The first-order valence-electron chi connectivity index (χ1n) is 11.4. The Balaban J connectivity index is 1.93. The minimum atomic E-state index is -3.94. The predicted molar refractivity (Wildman–Crippen MR) is 133 cm³/mol. The van der Waals surface area contributed by atoms with Gasteiger partial charge in [0.15, 0.2) is 0 Å². The summed E-state index contributed by atoms with van der Waals surface area (Å²) < 4.78 is 48.0. The Labute approximate surface area is 206 Å². The van der Waals surface area contributed by atoms with Crippen molar-refractivity contribution in [3.8, 4) is 5.75 Å². The molecule has 10 heteroatoms. The Kier molecular flexibility index (Phi) is 8.52. The van der Waals surface area contributed by atoms with Crippen LogP contribution in [0, 0.1) is 11.7 Å². The highest BCUT2D eigenvalue weighted by molar-refractivity contribution is 7.89. The molecule has 0 bridgehead atoms. The number of sulfonamides is 1. The Hall–Kier alpha value is -2.95. The van der Waals surface area contributed by atoms with E-state index in [1.165, 1.54) is 33.5 Å². The van der Waals surface area contributed by atoms with E-state index < -0.39 is 34.0 Å². The molecule has 1 aliphatic rings. The lowest BCUT2D eigenvalue weighted by molar-refractivity contribution is 0.0830. The number of hydrogen-bond donors (Lipinski definition) is 2. The van der Waals surface area contributed by atoms with Gasteiger partial charge in [0, 0.05) is 31.2 Å². The number of allylic oxidation sites excluding steroid dienone is 1. The summed E-state index contributed by atoms with van der Waals surface area (Å²) >= 11 is 0. The number of urea groups is 1. The second kappa shape index (κ2) is 11.2. The number of anilines is 1. The molecule has 1 heterocycles. The van der Waals surface area contributed by atoms with Crippen molar-refractivity contribution >= 4 is 27.8 Å². The largest absolute Gasteiger partial charge is 0.487 e. The molecule has 2 aromatic rings. The fraction of sp³-hybridized carbons (Fsp3) is 0.400. The highest BCUT2D eigenvalue weighted by Gasteiger charge is 2.38. The molecule has 0 aromatic heterocycles. The number of fused-ring (bicyclic) bond motifs is 1. The van der Waals surface area contributed by atoms with Crippen LogP contribution in [0.4, 0.5) is 14.9 Å². The Morgan fingerprint density at radius 1 is 1.34 bits per heavy atom. The van der Waals surface area contributed by atoms with Gasteiger partial charge in [-0.05, 0) is 49.7 Å². The SMILES string of the molecule is C/C=C/c1ccc2c(c1)O[C@H](CN(C)C(=O)Nc1cccc(F)c1)[C@H](C)CN([C@H](C)CO)S2(=O)=O. The van der Waals surface area contributed by atoms with Gasteiger partial charge in [0.2, 0.25) is 10.0 Å². The summed E-state index contributed by atoms with van der Waals surface area (Å²) in [6, 6.07) is 9.36. The molecule has 2 aromatic carbocycles. The average Bonchev–Trinajstić information content (AvgIpc) is 2.81.